The van der Waals surface area contributed by atoms with Crippen molar-refractivity contribution < 1.29 is 19.0 Å². The Balaban J connectivity index is 0.00000204. The van der Waals surface area contributed by atoms with Gasteiger partial charge in [-0.3, -0.25) is 4.79 Å². The predicted molar refractivity (Wildman–Crippen MR) is 119 cm³/mol. The van der Waals surface area contributed by atoms with Gasteiger partial charge >= 0.3 is 0 Å². The van der Waals surface area contributed by atoms with Crippen LogP contribution in [0.3, 0.4) is 0 Å². The van der Waals surface area contributed by atoms with Gasteiger partial charge in [0.1, 0.15) is 11.9 Å². The van der Waals surface area contributed by atoms with Crippen LogP contribution in [-0.4, -0.2) is 62.3 Å². The minimum atomic E-state index is 0.0211. The van der Waals surface area contributed by atoms with Gasteiger partial charge in [-0.05, 0) is 51.0 Å². The number of rotatable bonds is 11. The second-order valence-corrected chi connectivity index (χ2v) is 7.73. The zero-order chi connectivity index (χ0) is 21.6. The van der Waals surface area contributed by atoms with E-state index in [0.29, 0.717) is 13.2 Å². The van der Waals surface area contributed by atoms with Crippen LogP contribution in [0.4, 0.5) is 0 Å². The normalized spacial score (nSPS) is 15.3. The largest absolute Gasteiger partial charge is 0.490 e. The van der Waals surface area contributed by atoms with E-state index in [1.54, 1.807) is 0 Å². The SMILES string of the molecule is CC.CC(C)OCCOCCN1CCC(Oc2ccc(C(=O)C(C)C)cc2)CC1. The molecule has 0 bridgehead atoms. The quantitative estimate of drug-likeness (QED) is 0.388. The molecular weight excluding hydrogens is 366 g/mol. The first-order chi connectivity index (χ1) is 14.0. The van der Waals surface area contributed by atoms with Crippen molar-refractivity contribution in [3.05, 3.63) is 29.8 Å². The van der Waals surface area contributed by atoms with Crippen molar-refractivity contribution in [1.82, 2.24) is 4.90 Å². The van der Waals surface area contributed by atoms with Crippen LogP contribution in [0.5, 0.6) is 5.75 Å². The van der Waals surface area contributed by atoms with Crippen molar-refractivity contribution in [2.24, 2.45) is 5.92 Å². The lowest BCUT2D eigenvalue weighted by atomic mass is 10.0. The first-order valence-electron chi connectivity index (χ1n) is 11.2. The van der Waals surface area contributed by atoms with E-state index >= 15 is 0 Å². The van der Waals surface area contributed by atoms with Gasteiger partial charge < -0.3 is 19.1 Å². The second kappa shape index (κ2) is 14.5. The number of benzene rings is 1. The minimum Gasteiger partial charge on any atom is -0.490 e. The lowest BCUT2D eigenvalue weighted by Gasteiger charge is -2.32. The summed E-state index contributed by atoms with van der Waals surface area (Å²) in [7, 11) is 0. The van der Waals surface area contributed by atoms with Crippen LogP contribution in [0, 0.1) is 5.92 Å². The highest BCUT2D eigenvalue weighted by Gasteiger charge is 2.20. The van der Waals surface area contributed by atoms with E-state index < -0.39 is 0 Å². The fraction of sp³-hybridized carbons (Fsp3) is 0.708. The Labute approximate surface area is 177 Å². The number of Topliss-reactive ketones (excluding diaryl/α,β-unsaturated/α-hetero) is 1. The molecule has 0 radical (unpaired) electrons. The van der Waals surface area contributed by atoms with Gasteiger partial charge in [-0.1, -0.05) is 27.7 Å². The maximum atomic E-state index is 12.0. The Morgan fingerprint density at radius 1 is 1.00 bits per heavy atom. The Hall–Kier alpha value is -1.43. The Morgan fingerprint density at radius 3 is 2.17 bits per heavy atom. The van der Waals surface area contributed by atoms with Crippen LogP contribution in [0.1, 0.15) is 64.7 Å². The molecule has 0 aliphatic carbocycles. The molecule has 1 aliphatic rings. The van der Waals surface area contributed by atoms with Crippen LogP contribution in [-0.2, 0) is 9.47 Å². The molecule has 1 heterocycles. The number of piperidine rings is 1. The molecule has 0 saturated carbocycles. The summed E-state index contributed by atoms with van der Waals surface area (Å²) in [4.78, 5) is 14.4. The molecule has 2 rings (SSSR count). The summed E-state index contributed by atoms with van der Waals surface area (Å²) in [5.41, 5.74) is 0.756. The van der Waals surface area contributed by atoms with Gasteiger partial charge in [0.05, 0.1) is 25.9 Å². The van der Waals surface area contributed by atoms with Crippen LogP contribution < -0.4 is 4.74 Å². The third-order valence-corrected chi connectivity index (χ3v) is 4.73. The van der Waals surface area contributed by atoms with Gasteiger partial charge in [-0.15, -0.1) is 0 Å². The number of ether oxygens (including phenoxy) is 3. The Kier molecular flexibility index (Phi) is 12.8. The average Bonchev–Trinajstić information content (AvgIpc) is 2.73. The van der Waals surface area contributed by atoms with E-state index in [-0.39, 0.29) is 23.9 Å². The molecule has 1 aliphatic heterocycles. The first kappa shape index (κ1) is 25.6. The van der Waals surface area contributed by atoms with E-state index in [1.165, 1.54) is 0 Å². The van der Waals surface area contributed by atoms with E-state index in [2.05, 4.69) is 4.90 Å². The Morgan fingerprint density at radius 2 is 1.62 bits per heavy atom. The first-order valence-corrected chi connectivity index (χ1v) is 11.2. The third kappa shape index (κ3) is 10.2. The molecule has 29 heavy (non-hydrogen) atoms. The highest BCUT2D eigenvalue weighted by atomic mass is 16.5. The van der Waals surface area contributed by atoms with Crippen molar-refractivity contribution in [2.75, 3.05) is 39.5 Å². The van der Waals surface area contributed by atoms with Crippen molar-refractivity contribution in [2.45, 2.75) is 66.6 Å². The summed E-state index contributed by atoms with van der Waals surface area (Å²) in [5.74, 6) is 1.04. The molecule has 166 valence electrons. The van der Waals surface area contributed by atoms with Crippen LogP contribution >= 0.6 is 0 Å². The van der Waals surface area contributed by atoms with Crippen molar-refractivity contribution in [3.63, 3.8) is 0 Å². The predicted octanol–water partition coefficient (Wildman–Crippen LogP) is 4.84. The van der Waals surface area contributed by atoms with Gasteiger partial charge in [0.25, 0.3) is 0 Å². The molecule has 0 N–H and O–H groups in total. The summed E-state index contributed by atoms with van der Waals surface area (Å²) >= 11 is 0. The van der Waals surface area contributed by atoms with Crippen LogP contribution in [0.2, 0.25) is 0 Å². The lowest BCUT2D eigenvalue weighted by molar-refractivity contribution is 0.00963. The van der Waals surface area contributed by atoms with Crippen molar-refractivity contribution >= 4 is 5.78 Å². The highest BCUT2D eigenvalue weighted by Crippen LogP contribution is 2.20. The second-order valence-electron chi connectivity index (χ2n) is 7.73. The van der Waals surface area contributed by atoms with Crippen molar-refractivity contribution in [1.29, 1.82) is 0 Å². The van der Waals surface area contributed by atoms with Crippen LogP contribution in [0.15, 0.2) is 24.3 Å². The van der Waals surface area contributed by atoms with Gasteiger partial charge in [0, 0.05) is 31.1 Å². The maximum Gasteiger partial charge on any atom is 0.165 e. The summed E-state index contributed by atoms with van der Waals surface area (Å²) in [6, 6.07) is 7.56. The average molecular weight is 408 g/mol. The molecule has 0 spiro atoms. The smallest absolute Gasteiger partial charge is 0.165 e. The minimum absolute atomic E-state index is 0.0211. The maximum absolute atomic E-state index is 12.0. The molecule has 0 atom stereocenters. The zero-order valence-corrected chi connectivity index (χ0v) is 19.3. The molecule has 1 aromatic carbocycles. The zero-order valence-electron chi connectivity index (χ0n) is 19.3. The molecule has 1 aromatic rings. The summed E-state index contributed by atoms with van der Waals surface area (Å²) < 4.78 is 17.2. The van der Waals surface area contributed by atoms with E-state index in [0.717, 1.165) is 50.4 Å². The molecule has 1 fully saturated rings. The summed E-state index contributed by atoms with van der Waals surface area (Å²) in [5, 5.41) is 0. The van der Waals surface area contributed by atoms with Gasteiger partial charge in [-0.25, -0.2) is 0 Å². The number of carbonyl (C=O) groups excluding carboxylic acids is 1. The van der Waals surface area contributed by atoms with E-state index in [1.807, 2.05) is 65.8 Å². The number of carbonyl (C=O) groups is 1. The number of ketones is 1. The van der Waals surface area contributed by atoms with Crippen LogP contribution in [0.25, 0.3) is 0 Å². The molecule has 0 aromatic heterocycles. The highest BCUT2D eigenvalue weighted by molar-refractivity contribution is 5.97. The van der Waals surface area contributed by atoms with E-state index in [4.69, 9.17) is 14.2 Å². The fourth-order valence-electron chi connectivity index (χ4n) is 3.11. The Bertz CT molecular complexity index is 549. The van der Waals surface area contributed by atoms with Crippen molar-refractivity contribution in [3.8, 4) is 5.75 Å². The summed E-state index contributed by atoms with van der Waals surface area (Å²) in [6.45, 7) is 17.0. The van der Waals surface area contributed by atoms with E-state index in [9.17, 15) is 4.79 Å². The topological polar surface area (TPSA) is 48.0 Å². The van der Waals surface area contributed by atoms with Gasteiger partial charge in [0.15, 0.2) is 5.78 Å². The number of likely N-dealkylation sites (tertiary alicyclic amines) is 1. The monoisotopic (exact) mass is 407 g/mol. The number of hydrogen-bond donors (Lipinski definition) is 0. The number of nitrogens with zero attached hydrogens (tertiary/aromatic N) is 1. The molecule has 5 heteroatoms. The lowest BCUT2D eigenvalue weighted by Crippen LogP contribution is -2.39. The molecule has 5 nitrogen and oxygen atoms in total. The van der Waals surface area contributed by atoms with Gasteiger partial charge in [0.2, 0.25) is 0 Å². The molecular formula is C24H41NO4. The molecule has 0 amide bonds. The number of hydrogen-bond acceptors (Lipinski definition) is 5. The standard InChI is InChI=1S/C22H35NO4.C2H6/c1-17(2)22(24)19-5-7-20(8-6-19)27-21-9-11-23(12-10-21)13-14-25-15-16-26-18(3)4;1-2/h5-8,17-18,21H,9-16H2,1-4H3;1-2H3. The molecule has 0 unspecified atom stereocenters. The third-order valence-electron chi connectivity index (χ3n) is 4.73. The fourth-order valence-corrected chi connectivity index (χ4v) is 3.11. The molecule has 1 saturated heterocycles. The van der Waals surface area contributed by atoms with Gasteiger partial charge in [-0.2, -0.15) is 0 Å². The summed E-state index contributed by atoms with van der Waals surface area (Å²) in [6.07, 6.45) is 2.54.